The number of hydroxylamine groups is 2. The monoisotopic (exact) mass is 222 g/mol. The van der Waals surface area contributed by atoms with E-state index in [1.54, 1.807) is 0 Å². The molecule has 0 bridgehead atoms. The Morgan fingerprint density at radius 1 is 1.50 bits per heavy atom. The van der Waals surface area contributed by atoms with Crippen LogP contribution in [0.1, 0.15) is 26.2 Å². The Bertz CT molecular complexity index is 275. The second-order valence-electron chi connectivity index (χ2n) is 3.55. The van der Waals surface area contributed by atoms with Gasteiger partial charge in [-0.25, -0.2) is 0 Å². The van der Waals surface area contributed by atoms with E-state index in [2.05, 4.69) is 0 Å². The lowest BCUT2D eigenvalue weighted by atomic mass is 10.2. The van der Waals surface area contributed by atoms with Gasteiger partial charge < -0.3 is 20.1 Å². The van der Waals surface area contributed by atoms with Gasteiger partial charge in [0, 0.05) is 13.0 Å². The summed E-state index contributed by atoms with van der Waals surface area (Å²) in [6, 6.07) is -0.565. The molecule has 1 fully saturated rings. The second kappa shape index (κ2) is 3.98. The van der Waals surface area contributed by atoms with Crippen molar-refractivity contribution in [1.82, 2.24) is 5.06 Å². The molecule has 0 saturated heterocycles. The Labute approximate surface area is 81.6 Å². The fraction of sp³-hybridized carbons (Fsp3) is 0.857. The van der Waals surface area contributed by atoms with Crippen molar-refractivity contribution in [3.63, 3.8) is 0 Å². The van der Waals surface area contributed by atoms with Gasteiger partial charge in [-0.1, -0.05) is 0 Å². The number of hydrogen-bond donors (Lipinski definition) is 2. The minimum Gasteiger partial charge on any atom is -0.756 e. The maximum atomic E-state index is 11.1. The van der Waals surface area contributed by atoms with Gasteiger partial charge >= 0.3 is 7.60 Å². The van der Waals surface area contributed by atoms with Crippen molar-refractivity contribution in [2.24, 2.45) is 0 Å². The van der Waals surface area contributed by atoms with Gasteiger partial charge in [0.2, 0.25) is 5.91 Å². The number of hydrogen-bond acceptors (Lipinski definition) is 3. The fourth-order valence-electron chi connectivity index (χ4n) is 1.71. The number of rotatable bonds is 2. The molecule has 14 heavy (non-hydrogen) atoms. The lowest BCUT2D eigenvalue weighted by molar-refractivity contribution is -0.128. The molecule has 1 amide bonds. The highest BCUT2D eigenvalue weighted by atomic mass is 31.2. The minimum absolute atomic E-state index is 0.105. The first kappa shape index (κ1) is 11.7. The number of carbonyl (C=O) groups is 1. The normalized spacial score (nSPS) is 27.7. The largest absolute Gasteiger partial charge is 0.756 e. The Morgan fingerprint density at radius 2 is 2.07 bits per heavy atom. The zero-order chi connectivity index (χ0) is 10.9. The maximum Gasteiger partial charge on any atom is 0.328 e. The standard InChI is InChI=1S/C7H13NO5P/c1-5(9)8(10)6-2-3-7(4-6)14(11,12)13/h6-7H,2-4H2,1H3,(H2,11,12,13)/q-1. The van der Waals surface area contributed by atoms with Crippen molar-refractivity contribution < 1.29 is 19.1 Å². The van der Waals surface area contributed by atoms with Gasteiger partial charge in [0.1, 0.15) is 0 Å². The van der Waals surface area contributed by atoms with Crippen molar-refractivity contribution in [1.29, 1.82) is 0 Å². The summed E-state index contributed by atoms with van der Waals surface area (Å²) >= 11 is 0. The third kappa shape index (κ3) is 2.54. The van der Waals surface area contributed by atoms with Crippen LogP contribution in [-0.4, -0.2) is 32.5 Å². The van der Waals surface area contributed by atoms with Crippen LogP contribution < -0.4 is 0 Å². The molecule has 2 unspecified atom stereocenters. The lowest BCUT2D eigenvalue weighted by Gasteiger charge is -2.33. The van der Waals surface area contributed by atoms with Crippen LogP contribution in [0.5, 0.6) is 0 Å². The SMILES string of the molecule is CC(=O)N([O-])C1CCC(P(=O)(O)O)C1. The molecular formula is C7H13NO5P-. The summed E-state index contributed by atoms with van der Waals surface area (Å²) in [6.45, 7) is 1.15. The molecule has 2 N–H and O–H groups in total. The topological polar surface area (TPSA) is 101 Å². The molecule has 0 aliphatic heterocycles. The highest BCUT2D eigenvalue weighted by Crippen LogP contribution is 2.49. The Balaban J connectivity index is 2.58. The van der Waals surface area contributed by atoms with E-state index in [-0.39, 0.29) is 6.42 Å². The summed E-state index contributed by atoms with van der Waals surface area (Å²) in [6.07, 6.45) is 0.785. The van der Waals surface area contributed by atoms with Crippen molar-refractivity contribution >= 4 is 13.5 Å². The van der Waals surface area contributed by atoms with Crippen LogP contribution in [0.3, 0.4) is 0 Å². The first-order valence-corrected chi connectivity index (χ1v) is 6.02. The van der Waals surface area contributed by atoms with E-state index in [4.69, 9.17) is 9.79 Å². The molecule has 82 valence electrons. The van der Waals surface area contributed by atoms with Gasteiger partial charge in [0.15, 0.2) is 0 Å². The molecule has 0 aromatic heterocycles. The molecule has 1 saturated carbocycles. The summed E-state index contributed by atoms with van der Waals surface area (Å²) in [5.41, 5.74) is -0.761. The summed E-state index contributed by atoms with van der Waals surface area (Å²) in [7, 11) is -4.10. The fourth-order valence-corrected chi connectivity index (χ4v) is 2.71. The smallest absolute Gasteiger partial charge is 0.328 e. The molecular weight excluding hydrogens is 209 g/mol. The summed E-state index contributed by atoms with van der Waals surface area (Å²) in [5, 5.41) is 11.4. The summed E-state index contributed by atoms with van der Waals surface area (Å²) in [5.74, 6) is -0.610. The van der Waals surface area contributed by atoms with E-state index >= 15 is 0 Å². The third-order valence-electron chi connectivity index (χ3n) is 2.49. The zero-order valence-electron chi connectivity index (χ0n) is 7.79. The molecule has 2 atom stereocenters. The van der Waals surface area contributed by atoms with Crippen molar-refractivity contribution in [3.05, 3.63) is 5.21 Å². The summed E-state index contributed by atoms with van der Waals surface area (Å²) < 4.78 is 10.9. The van der Waals surface area contributed by atoms with Crippen LogP contribution in [0.2, 0.25) is 0 Å². The molecule has 0 spiro atoms. The lowest BCUT2D eigenvalue weighted by Crippen LogP contribution is -2.32. The van der Waals surface area contributed by atoms with E-state index in [1.807, 2.05) is 0 Å². The third-order valence-corrected chi connectivity index (χ3v) is 3.92. The molecule has 0 heterocycles. The predicted octanol–water partition coefficient (Wildman–Crippen LogP) is 0.431. The molecule has 6 nitrogen and oxygen atoms in total. The quantitative estimate of drug-likeness (QED) is 0.521. The second-order valence-corrected chi connectivity index (χ2v) is 5.46. The van der Waals surface area contributed by atoms with Crippen LogP contribution in [0.15, 0.2) is 0 Å². The van der Waals surface area contributed by atoms with Crippen molar-refractivity contribution in [3.8, 4) is 0 Å². The van der Waals surface area contributed by atoms with E-state index in [0.717, 1.165) is 6.92 Å². The van der Waals surface area contributed by atoms with Crippen LogP contribution in [0, 0.1) is 5.21 Å². The van der Waals surface area contributed by atoms with E-state index in [1.165, 1.54) is 0 Å². The Morgan fingerprint density at radius 3 is 2.43 bits per heavy atom. The van der Waals surface area contributed by atoms with Crippen molar-refractivity contribution in [2.75, 3.05) is 0 Å². The van der Waals surface area contributed by atoms with Crippen LogP contribution in [0.25, 0.3) is 0 Å². The number of carbonyl (C=O) groups excluding carboxylic acids is 1. The minimum atomic E-state index is -4.10. The van der Waals surface area contributed by atoms with E-state index in [9.17, 15) is 14.6 Å². The van der Waals surface area contributed by atoms with Gasteiger partial charge in [-0.15, -0.1) is 0 Å². The average molecular weight is 222 g/mol. The Kier molecular flexibility index (Phi) is 3.32. The summed E-state index contributed by atoms with van der Waals surface area (Å²) in [4.78, 5) is 28.4. The highest BCUT2D eigenvalue weighted by molar-refractivity contribution is 7.52. The molecule has 1 aliphatic rings. The number of nitrogens with zero attached hydrogens (tertiary/aromatic N) is 1. The van der Waals surface area contributed by atoms with Gasteiger partial charge in [-0.05, 0) is 19.3 Å². The van der Waals surface area contributed by atoms with Crippen molar-refractivity contribution in [2.45, 2.75) is 37.9 Å². The predicted molar refractivity (Wildman–Crippen MR) is 49.4 cm³/mol. The zero-order valence-corrected chi connectivity index (χ0v) is 8.68. The maximum absolute atomic E-state index is 11.1. The molecule has 7 heteroatoms. The van der Waals surface area contributed by atoms with E-state index < -0.39 is 25.2 Å². The Hall–Kier alpha value is -0.420. The number of amides is 1. The van der Waals surface area contributed by atoms with Crippen LogP contribution >= 0.6 is 7.60 Å². The van der Waals surface area contributed by atoms with Crippen LogP contribution in [0.4, 0.5) is 0 Å². The highest BCUT2D eigenvalue weighted by Gasteiger charge is 2.37. The first-order chi connectivity index (χ1) is 6.32. The van der Waals surface area contributed by atoms with Gasteiger partial charge in [0.25, 0.3) is 0 Å². The van der Waals surface area contributed by atoms with Gasteiger partial charge in [-0.2, -0.15) is 0 Å². The van der Waals surface area contributed by atoms with Gasteiger partial charge in [0.05, 0.1) is 5.66 Å². The molecule has 0 aromatic rings. The molecule has 1 aliphatic carbocycles. The average Bonchev–Trinajstić information content (AvgIpc) is 2.49. The molecule has 0 radical (unpaired) electrons. The van der Waals surface area contributed by atoms with Gasteiger partial charge in [-0.3, -0.25) is 9.36 Å². The molecule has 0 aromatic carbocycles. The first-order valence-electron chi connectivity index (χ1n) is 4.34. The molecule has 1 rings (SSSR count). The van der Waals surface area contributed by atoms with E-state index in [0.29, 0.717) is 17.9 Å². The van der Waals surface area contributed by atoms with Crippen LogP contribution in [-0.2, 0) is 9.36 Å².